The summed E-state index contributed by atoms with van der Waals surface area (Å²) in [4.78, 5) is 2.68. The molecule has 336 valence electrons. The van der Waals surface area contributed by atoms with E-state index in [4.69, 9.17) is 4.42 Å². The number of aromatic nitrogens is 1. The molecule has 7 aromatic carbocycles. The molecular formula is C63H59BN2OS. The molecule has 0 fully saturated rings. The van der Waals surface area contributed by atoms with Gasteiger partial charge >= 0.3 is 6.85 Å². The lowest BCUT2D eigenvalue weighted by Gasteiger charge is -2.42. The van der Waals surface area contributed by atoms with Crippen molar-refractivity contribution in [2.24, 2.45) is 0 Å². The van der Waals surface area contributed by atoms with Crippen LogP contribution in [0, 0.1) is 0 Å². The second kappa shape index (κ2) is 12.8. The minimum atomic E-state index is -0.266. The van der Waals surface area contributed by atoms with Gasteiger partial charge in [0.25, 0.3) is 0 Å². The van der Waals surface area contributed by atoms with Crippen molar-refractivity contribution in [2.45, 2.75) is 123 Å². The maximum atomic E-state index is 7.59. The van der Waals surface area contributed by atoms with Gasteiger partial charge in [0, 0.05) is 58.7 Å². The van der Waals surface area contributed by atoms with Crippen LogP contribution in [0.15, 0.2) is 120 Å². The van der Waals surface area contributed by atoms with Crippen molar-refractivity contribution >= 4 is 93.6 Å². The van der Waals surface area contributed by atoms with Gasteiger partial charge in [0.1, 0.15) is 11.2 Å². The van der Waals surface area contributed by atoms with Crippen molar-refractivity contribution in [3.63, 3.8) is 0 Å². The Balaban J connectivity index is 1.25. The molecule has 10 aromatic rings. The molecule has 5 heteroatoms. The van der Waals surface area contributed by atoms with Crippen molar-refractivity contribution in [1.29, 1.82) is 0 Å². The van der Waals surface area contributed by atoms with Crippen LogP contribution in [0.1, 0.15) is 129 Å². The molecule has 5 heterocycles. The van der Waals surface area contributed by atoms with E-state index in [0.717, 1.165) is 17.7 Å². The van der Waals surface area contributed by atoms with Crippen LogP contribution >= 0.6 is 11.3 Å². The summed E-state index contributed by atoms with van der Waals surface area (Å²) >= 11 is 1.91. The fourth-order valence-corrected chi connectivity index (χ4v) is 14.6. The van der Waals surface area contributed by atoms with Gasteiger partial charge in [-0.05, 0) is 145 Å². The minimum Gasteiger partial charge on any atom is -0.466 e. The lowest BCUT2D eigenvalue weighted by molar-refractivity contribution is 0.332. The van der Waals surface area contributed by atoms with Gasteiger partial charge in [-0.25, -0.2) is 0 Å². The van der Waals surface area contributed by atoms with Crippen LogP contribution in [-0.4, -0.2) is 11.4 Å². The Morgan fingerprint density at radius 1 is 0.588 bits per heavy atom. The molecule has 2 aliphatic carbocycles. The average molecular weight is 903 g/mol. The third-order valence-electron chi connectivity index (χ3n) is 17.3. The predicted molar refractivity (Wildman–Crippen MR) is 293 cm³/mol. The molecule has 0 saturated heterocycles. The van der Waals surface area contributed by atoms with E-state index in [2.05, 4.69) is 208 Å². The molecule has 3 aromatic heterocycles. The summed E-state index contributed by atoms with van der Waals surface area (Å²) in [6.07, 6.45) is 2.33. The van der Waals surface area contributed by atoms with Gasteiger partial charge in [0.15, 0.2) is 0 Å². The topological polar surface area (TPSA) is 21.3 Å². The summed E-state index contributed by atoms with van der Waals surface area (Å²) < 4.78 is 12.9. The van der Waals surface area contributed by atoms with E-state index in [-0.39, 0.29) is 33.9 Å². The molecule has 0 amide bonds. The third-order valence-corrected chi connectivity index (χ3v) is 18.4. The van der Waals surface area contributed by atoms with Crippen molar-refractivity contribution < 1.29 is 4.42 Å². The Bertz CT molecular complexity index is 3910. The highest BCUT2D eigenvalue weighted by Gasteiger charge is 2.52. The lowest BCUT2D eigenvalue weighted by Crippen LogP contribution is -2.60. The number of anilines is 2. The number of nitrogens with zero attached hydrogens (tertiary/aromatic N) is 2. The number of benzene rings is 7. The van der Waals surface area contributed by atoms with Crippen LogP contribution < -0.4 is 15.9 Å². The van der Waals surface area contributed by atoms with Crippen molar-refractivity contribution in [2.75, 3.05) is 4.81 Å². The summed E-state index contributed by atoms with van der Waals surface area (Å²) in [5.74, 6) is 0. The smallest absolute Gasteiger partial charge is 0.375 e. The van der Waals surface area contributed by atoms with Crippen molar-refractivity contribution in [1.82, 2.24) is 4.57 Å². The predicted octanol–water partition coefficient (Wildman–Crippen LogP) is 16.4. The number of rotatable bonds is 1. The number of furan rings is 1. The van der Waals surface area contributed by atoms with Crippen molar-refractivity contribution in [3.05, 3.63) is 149 Å². The highest BCUT2D eigenvalue weighted by molar-refractivity contribution is 7.25. The Morgan fingerprint density at radius 2 is 1.26 bits per heavy atom. The van der Waals surface area contributed by atoms with Crippen LogP contribution in [0.3, 0.4) is 0 Å². The van der Waals surface area contributed by atoms with Crippen LogP contribution in [-0.2, 0) is 27.1 Å². The van der Waals surface area contributed by atoms with Crippen LogP contribution in [0.5, 0.6) is 0 Å². The quantitative estimate of drug-likeness (QED) is 0.153. The number of hydrogen-bond acceptors (Lipinski definition) is 3. The molecule has 2 aliphatic heterocycles. The monoisotopic (exact) mass is 902 g/mol. The van der Waals surface area contributed by atoms with Crippen LogP contribution in [0.4, 0.5) is 11.4 Å². The van der Waals surface area contributed by atoms with Crippen LogP contribution in [0.2, 0.25) is 0 Å². The molecule has 0 bridgehead atoms. The molecule has 0 spiro atoms. The fourth-order valence-electron chi connectivity index (χ4n) is 13.5. The summed E-state index contributed by atoms with van der Waals surface area (Å²) in [5, 5.41) is 6.60. The molecule has 0 saturated carbocycles. The van der Waals surface area contributed by atoms with E-state index in [1.165, 1.54) is 132 Å². The fraction of sp³-hybridized carbons (Fsp3) is 0.302. The SMILES string of the molecule is CC(C)(C)c1ccc(N2B3c4oc5ccc(C(C)(C)C)cc5c4-n4c5cc6c(cc5c5c7c(c(c3c54)-c3cc4c(cc32)sc2ccccc24)-c2ccccc2C7(C)C)C(C)(C)CCC6(C)C)cc1. The zero-order valence-corrected chi connectivity index (χ0v) is 42.5. The van der Waals surface area contributed by atoms with E-state index in [1.807, 2.05) is 11.3 Å². The number of hydrogen-bond donors (Lipinski definition) is 0. The van der Waals surface area contributed by atoms with Gasteiger partial charge in [0.2, 0.25) is 0 Å². The number of thiophene rings is 1. The average Bonchev–Trinajstić information content (AvgIpc) is 4.02. The van der Waals surface area contributed by atoms with E-state index in [1.54, 1.807) is 0 Å². The van der Waals surface area contributed by atoms with E-state index in [0.29, 0.717) is 0 Å². The second-order valence-electron chi connectivity index (χ2n) is 24.8. The van der Waals surface area contributed by atoms with Gasteiger partial charge < -0.3 is 13.8 Å². The summed E-state index contributed by atoms with van der Waals surface area (Å²) in [6.45, 7) is 28.6. The van der Waals surface area contributed by atoms with E-state index < -0.39 is 0 Å². The van der Waals surface area contributed by atoms with Crippen LogP contribution in [0.25, 0.3) is 80.9 Å². The Kier molecular flexibility index (Phi) is 7.70. The normalized spacial score (nSPS) is 17.3. The molecule has 3 nitrogen and oxygen atoms in total. The molecule has 68 heavy (non-hydrogen) atoms. The maximum absolute atomic E-state index is 7.59. The first kappa shape index (κ1) is 41.0. The van der Waals surface area contributed by atoms with Gasteiger partial charge in [-0.1, -0.05) is 144 Å². The molecule has 0 atom stereocenters. The first-order chi connectivity index (χ1) is 32.2. The van der Waals surface area contributed by atoms with Crippen molar-refractivity contribution in [3.8, 4) is 27.9 Å². The lowest BCUT2D eigenvalue weighted by atomic mass is 9.45. The zero-order chi connectivity index (χ0) is 46.9. The third kappa shape index (κ3) is 5.11. The first-order valence-corrected chi connectivity index (χ1v) is 25.8. The Labute approximate surface area is 404 Å². The zero-order valence-electron chi connectivity index (χ0n) is 41.7. The van der Waals surface area contributed by atoms with Gasteiger partial charge in [-0.15, -0.1) is 11.3 Å². The standard InChI is InChI=1S/C63H59BN2OS/c1-59(2,3)34-21-24-36(25-22-34)66-47-33-50-39(37-17-14-16-20-49(37)68-50)30-40(47)52-51-38-18-13-15-19-43(38)63(11,12)54(51)53-41-31-44-45(62(9,10)28-27-61(44,7)8)32-46(41)65-56-42-29-35(60(4,5)6)23-26-48(42)67-58(56)64(66)55(52)57(53)65/h13-26,29-33H,27-28H2,1-12H3. The van der Waals surface area contributed by atoms with Gasteiger partial charge in [-0.2, -0.15) is 0 Å². The summed E-state index contributed by atoms with van der Waals surface area (Å²) in [6, 6.07) is 45.3. The maximum Gasteiger partial charge on any atom is 0.375 e. The summed E-state index contributed by atoms with van der Waals surface area (Å²) in [7, 11) is 0. The molecule has 0 radical (unpaired) electrons. The Morgan fingerprint density at radius 3 is 2.00 bits per heavy atom. The highest BCUT2D eigenvalue weighted by atomic mass is 32.1. The minimum absolute atomic E-state index is 0.0197. The van der Waals surface area contributed by atoms with E-state index >= 15 is 0 Å². The van der Waals surface area contributed by atoms with E-state index in [9.17, 15) is 0 Å². The molecule has 0 N–H and O–H groups in total. The second-order valence-corrected chi connectivity index (χ2v) is 25.8. The highest BCUT2D eigenvalue weighted by Crippen LogP contribution is 2.61. The largest absolute Gasteiger partial charge is 0.466 e. The number of fused-ring (bicyclic) bond motifs is 19. The molecule has 14 rings (SSSR count). The Hall–Kier alpha value is -6.04. The molecular weight excluding hydrogens is 844 g/mol. The first-order valence-electron chi connectivity index (χ1n) is 25.0. The van der Waals surface area contributed by atoms with Gasteiger partial charge in [-0.3, -0.25) is 0 Å². The van der Waals surface area contributed by atoms with Gasteiger partial charge in [0.05, 0.1) is 16.7 Å². The summed E-state index contributed by atoms with van der Waals surface area (Å²) in [5.41, 5.74) is 23.2. The molecule has 4 aliphatic rings. The molecule has 0 unspecified atom stereocenters.